The van der Waals surface area contributed by atoms with E-state index in [1.807, 2.05) is 32.0 Å². The van der Waals surface area contributed by atoms with Crippen LogP contribution in [0.1, 0.15) is 144 Å². The highest BCUT2D eigenvalue weighted by Crippen LogP contribution is 2.34. The Hall–Kier alpha value is -8.74. The molecular formula is C57H77N17O7. The van der Waals surface area contributed by atoms with E-state index in [1.54, 1.807) is 97.6 Å². The predicted molar refractivity (Wildman–Crippen MR) is 312 cm³/mol. The first-order valence-electron chi connectivity index (χ1n) is 26.1. The molecular weight excluding hydrogens is 1030 g/mol. The second-order valence-corrected chi connectivity index (χ2v) is 20.1. The van der Waals surface area contributed by atoms with Gasteiger partial charge in [-0.05, 0) is 112 Å². The maximum atomic E-state index is 11.7. The highest BCUT2D eigenvalue weighted by molar-refractivity contribution is 5.48. The van der Waals surface area contributed by atoms with E-state index < -0.39 is 11.1 Å². The van der Waals surface area contributed by atoms with Crippen LogP contribution in [-0.4, -0.2) is 75.9 Å². The Bertz CT molecular complexity index is 3610. The van der Waals surface area contributed by atoms with Crippen molar-refractivity contribution >= 4 is 0 Å². The standard InChI is InChI=1S/C12H13N3O2.C10H15N3O.C10H9N3O.C10H14N2O.C8H13N3O.C6H9N3O.CH4/c1-8(2)17-10-7-14-11(15-12(10)16)9-5-3-4-6-13-9;1-7-6-12-9(13-8(7)14)10(11)4-2-3-5-10;1-7-6-12-9(13-10(7)14)8-4-2-3-5-11-8;1-7-6-11-9(12-10(7)13)8-4-2-3-5-8;1-5-4-10-7(8(2,3)9)11-6(5)12;1-4-3-8-5(2-7)9-6(4)10;/h3-8H,1-2H3,(H,14,15,16);6H,2-5,11H2,1H3,(H,12,13,14);2-6H,1H3,(H,12,13,14);6,8H,2-5H2,1H3,(H,11,12,13);4H,9H2,1-3H3,(H,10,11,12);3H,2,7H2,1H3,(H,8,9,10);1H4. The third-order valence-corrected chi connectivity index (χ3v) is 12.4. The number of pyridine rings is 2. The molecule has 8 aromatic rings. The van der Waals surface area contributed by atoms with Crippen LogP contribution in [0.3, 0.4) is 0 Å². The van der Waals surface area contributed by atoms with Gasteiger partial charge in [0.2, 0.25) is 5.75 Å². The molecule has 81 heavy (non-hydrogen) atoms. The summed E-state index contributed by atoms with van der Waals surface area (Å²) in [4.78, 5) is 117. The second kappa shape index (κ2) is 30.6. The Balaban J connectivity index is 0.000000210. The number of hydrogen-bond acceptors (Lipinski definition) is 18. The molecule has 8 aromatic heterocycles. The molecule has 2 aliphatic carbocycles. The topological polar surface area (TPSA) is 388 Å². The van der Waals surface area contributed by atoms with Crippen LogP contribution < -0.4 is 55.3 Å². The number of aryl methyl sites for hydroxylation is 5. The summed E-state index contributed by atoms with van der Waals surface area (Å²) in [7, 11) is 0. The van der Waals surface area contributed by atoms with Gasteiger partial charge >= 0.3 is 0 Å². The average molecular weight is 1110 g/mol. The van der Waals surface area contributed by atoms with E-state index in [0.717, 1.165) is 31.5 Å². The first-order chi connectivity index (χ1) is 38.0. The van der Waals surface area contributed by atoms with Gasteiger partial charge in [0.25, 0.3) is 33.4 Å². The van der Waals surface area contributed by atoms with Crippen molar-refractivity contribution in [1.82, 2.24) is 69.8 Å². The molecule has 0 aromatic carbocycles. The van der Waals surface area contributed by atoms with Gasteiger partial charge in [0.1, 0.15) is 34.7 Å². The van der Waals surface area contributed by atoms with E-state index >= 15 is 0 Å². The Kier molecular flexibility index (Phi) is 24.5. The molecule has 2 fully saturated rings. The Labute approximate surface area is 468 Å². The van der Waals surface area contributed by atoms with Gasteiger partial charge in [-0.1, -0.05) is 45.2 Å². The summed E-state index contributed by atoms with van der Waals surface area (Å²) < 4.78 is 5.31. The van der Waals surface area contributed by atoms with Crippen LogP contribution in [-0.2, 0) is 17.6 Å². The van der Waals surface area contributed by atoms with Crippen molar-refractivity contribution in [3.8, 4) is 28.8 Å². The Morgan fingerprint density at radius 3 is 1.47 bits per heavy atom. The molecule has 0 bridgehead atoms. The van der Waals surface area contributed by atoms with Crippen LogP contribution in [0.2, 0.25) is 0 Å². The maximum absolute atomic E-state index is 11.7. The molecule has 2 saturated carbocycles. The quantitative estimate of drug-likeness (QED) is 0.0874. The number of aromatic amines is 6. The van der Waals surface area contributed by atoms with Gasteiger partial charge in [-0.2, -0.15) is 0 Å². The van der Waals surface area contributed by atoms with Gasteiger partial charge in [0, 0.05) is 77.1 Å². The van der Waals surface area contributed by atoms with Crippen LogP contribution in [0, 0.1) is 34.6 Å². The number of nitrogens with two attached hydrogens (primary N) is 3. The predicted octanol–water partition coefficient (Wildman–Crippen LogP) is 5.75. The molecule has 0 saturated heterocycles. The first-order valence-corrected chi connectivity index (χ1v) is 26.1. The van der Waals surface area contributed by atoms with Crippen molar-refractivity contribution in [2.75, 3.05) is 0 Å². The number of H-pyrrole nitrogens is 6. The van der Waals surface area contributed by atoms with E-state index in [0.29, 0.717) is 74.2 Å². The molecule has 432 valence electrons. The molecule has 0 unspecified atom stereocenters. The summed E-state index contributed by atoms with van der Waals surface area (Å²) in [5, 5.41) is 0. The number of ether oxygens (including phenoxy) is 1. The highest BCUT2D eigenvalue weighted by Gasteiger charge is 2.33. The Morgan fingerprint density at radius 2 is 1.02 bits per heavy atom. The zero-order valence-corrected chi connectivity index (χ0v) is 46.8. The summed E-state index contributed by atoms with van der Waals surface area (Å²) >= 11 is 0. The van der Waals surface area contributed by atoms with Gasteiger partial charge < -0.3 is 51.8 Å². The molecule has 0 radical (unpaired) electrons. The number of nitrogens with one attached hydrogen (secondary N) is 6. The van der Waals surface area contributed by atoms with Crippen molar-refractivity contribution < 1.29 is 4.74 Å². The summed E-state index contributed by atoms with van der Waals surface area (Å²) in [5.74, 6) is 4.22. The normalized spacial score (nSPS) is 13.2. The zero-order valence-electron chi connectivity index (χ0n) is 46.8. The minimum atomic E-state index is -0.590. The molecule has 0 amide bonds. The molecule has 10 rings (SSSR count). The average Bonchev–Trinajstić information content (AvgIpc) is 4.20. The van der Waals surface area contributed by atoms with Crippen LogP contribution in [0.4, 0.5) is 0 Å². The van der Waals surface area contributed by atoms with Crippen molar-refractivity contribution in [2.24, 2.45) is 17.2 Å². The fraction of sp³-hybridized carbons (Fsp3) is 0.404. The lowest BCUT2D eigenvalue weighted by molar-refractivity contribution is 0.238. The lowest BCUT2D eigenvalue weighted by Gasteiger charge is -2.21. The van der Waals surface area contributed by atoms with Crippen molar-refractivity contribution in [2.45, 2.75) is 151 Å². The zero-order chi connectivity index (χ0) is 58.6. The summed E-state index contributed by atoms with van der Waals surface area (Å²) in [6.45, 7) is 16.2. The molecule has 8 heterocycles. The van der Waals surface area contributed by atoms with E-state index in [1.165, 1.54) is 44.3 Å². The monoisotopic (exact) mass is 1110 g/mol. The highest BCUT2D eigenvalue weighted by atomic mass is 16.5. The minimum absolute atomic E-state index is 0. The molecule has 2 aliphatic rings. The third-order valence-electron chi connectivity index (χ3n) is 12.4. The second-order valence-electron chi connectivity index (χ2n) is 20.1. The largest absolute Gasteiger partial charge is 0.484 e. The fourth-order valence-electron chi connectivity index (χ4n) is 7.66. The third kappa shape index (κ3) is 19.8. The smallest absolute Gasteiger partial charge is 0.293 e. The molecule has 12 N–H and O–H groups in total. The molecule has 0 aliphatic heterocycles. The van der Waals surface area contributed by atoms with E-state index in [-0.39, 0.29) is 59.2 Å². The van der Waals surface area contributed by atoms with Gasteiger partial charge in [0.15, 0.2) is 11.6 Å². The molecule has 0 atom stereocenters. The van der Waals surface area contributed by atoms with Crippen molar-refractivity contribution in [3.63, 3.8) is 0 Å². The maximum Gasteiger partial charge on any atom is 0.293 e. The number of aromatic nitrogens is 14. The number of hydrogen-bond donors (Lipinski definition) is 9. The van der Waals surface area contributed by atoms with E-state index in [4.69, 9.17) is 21.9 Å². The fourth-order valence-corrected chi connectivity index (χ4v) is 7.66. The van der Waals surface area contributed by atoms with Crippen LogP contribution in [0.15, 0.2) is 115 Å². The van der Waals surface area contributed by atoms with Crippen molar-refractivity contribution in [3.05, 3.63) is 199 Å². The molecule has 24 heteroatoms. The summed E-state index contributed by atoms with van der Waals surface area (Å²) in [6, 6.07) is 10.9. The van der Waals surface area contributed by atoms with Crippen LogP contribution >= 0.6 is 0 Å². The lowest BCUT2D eigenvalue weighted by atomic mass is 9.98. The summed E-state index contributed by atoms with van der Waals surface area (Å²) in [6.07, 6.45) is 21.5. The van der Waals surface area contributed by atoms with Gasteiger partial charge in [-0.15, -0.1) is 0 Å². The number of nitrogens with zero attached hydrogens (tertiary/aromatic N) is 8. The SMILES string of the molecule is C.CC(C)Oc1cnc(-c2ccccn2)[nH]c1=O.Cc1cnc(-c2ccccn2)[nH]c1=O.Cc1cnc(C(C)(C)N)[nH]c1=O.Cc1cnc(C2(N)CCCC2)[nH]c1=O.Cc1cnc(C2CCCC2)[nH]c1=O.Cc1cnc(CN)[nH]c1=O. The Morgan fingerprint density at radius 1 is 0.568 bits per heavy atom. The molecule has 24 nitrogen and oxygen atoms in total. The first kappa shape index (κ1) is 64.8. The van der Waals surface area contributed by atoms with Crippen molar-refractivity contribution in [1.29, 1.82) is 0 Å². The lowest BCUT2D eigenvalue weighted by Crippen LogP contribution is -2.37. The van der Waals surface area contributed by atoms with Gasteiger partial charge in [-0.25, -0.2) is 29.9 Å². The minimum Gasteiger partial charge on any atom is -0.484 e. The van der Waals surface area contributed by atoms with Gasteiger partial charge in [0.05, 0.1) is 29.9 Å². The van der Waals surface area contributed by atoms with E-state index in [9.17, 15) is 28.8 Å². The van der Waals surface area contributed by atoms with Crippen LogP contribution in [0.5, 0.6) is 5.75 Å². The summed E-state index contributed by atoms with van der Waals surface area (Å²) in [5.41, 5.74) is 19.9. The van der Waals surface area contributed by atoms with Crippen LogP contribution in [0.25, 0.3) is 23.0 Å². The molecule has 0 spiro atoms. The number of rotatable bonds is 8. The van der Waals surface area contributed by atoms with E-state index in [2.05, 4.69) is 69.8 Å². The van der Waals surface area contributed by atoms with Gasteiger partial charge in [-0.3, -0.25) is 38.7 Å².